The molecule has 0 radical (unpaired) electrons. The molecule has 5 nitrogen and oxygen atoms in total. The molecule has 1 aliphatic heterocycles. The summed E-state index contributed by atoms with van der Waals surface area (Å²) in [5, 5.41) is 0. The van der Waals surface area contributed by atoms with Crippen LogP contribution in [0.5, 0.6) is 11.5 Å². The Balaban J connectivity index is 1.71. The summed E-state index contributed by atoms with van der Waals surface area (Å²) in [7, 11) is 3.26. The maximum Gasteiger partial charge on any atom is 0.309 e. The Kier molecular flexibility index (Phi) is 7.02. The summed E-state index contributed by atoms with van der Waals surface area (Å²) in [6.45, 7) is 6.75. The molecule has 1 saturated heterocycles. The molecule has 0 aliphatic carbocycles. The van der Waals surface area contributed by atoms with Gasteiger partial charge in [-0.1, -0.05) is 18.2 Å². The van der Waals surface area contributed by atoms with Crippen LogP contribution in [0, 0.1) is 11.8 Å². The topological polar surface area (TPSA) is 48.0 Å². The van der Waals surface area contributed by atoms with E-state index in [-0.39, 0.29) is 17.8 Å². The molecule has 1 fully saturated rings. The van der Waals surface area contributed by atoms with Crippen LogP contribution >= 0.6 is 0 Å². The molecule has 2 aromatic rings. The van der Waals surface area contributed by atoms with Gasteiger partial charge in [-0.3, -0.25) is 4.79 Å². The SMILES string of the molecule is CCN(CC)c1ccc(CC2C(=O)OCC2Cc2ccc(OC)c(OC)c2)cc1. The van der Waals surface area contributed by atoms with Gasteiger partial charge in [0.25, 0.3) is 0 Å². The minimum Gasteiger partial charge on any atom is -0.493 e. The number of cyclic esters (lactones) is 1. The predicted molar refractivity (Wildman–Crippen MR) is 115 cm³/mol. The van der Waals surface area contributed by atoms with E-state index < -0.39 is 0 Å². The third kappa shape index (κ3) is 4.84. The number of hydrogen-bond acceptors (Lipinski definition) is 5. The first-order chi connectivity index (χ1) is 14.1. The molecular weight excluding hydrogens is 366 g/mol. The normalized spacial score (nSPS) is 18.4. The quantitative estimate of drug-likeness (QED) is 0.596. The van der Waals surface area contributed by atoms with Gasteiger partial charge in [0.1, 0.15) is 0 Å². The Morgan fingerprint density at radius 3 is 2.21 bits per heavy atom. The van der Waals surface area contributed by atoms with Gasteiger partial charge in [-0.2, -0.15) is 0 Å². The highest BCUT2D eigenvalue weighted by Crippen LogP contribution is 2.33. The van der Waals surface area contributed by atoms with Crippen LogP contribution < -0.4 is 14.4 Å². The van der Waals surface area contributed by atoms with E-state index in [2.05, 4.69) is 43.0 Å². The second-order valence-corrected chi connectivity index (χ2v) is 7.43. The van der Waals surface area contributed by atoms with E-state index in [1.165, 1.54) is 11.3 Å². The van der Waals surface area contributed by atoms with Crippen LogP contribution in [-0.2, 0) is 22.4 Å². The van der Waals surface area contributed by atoms with Gasteiger partial charge in [-0.15, -0.1) is 0 Å². The summed E-state index contributed by atoms with van der Waals surface area (Å²) >= 11 is 0. The third-order valence-electron chi connectivity index (χ3n) is 5.78. The molecule has 0 amide bonds. The van der Waals surface area contributed by atoms with Crippen LogP contribution in [-0.4, -0.2) is 39.9 Å². The summed E-state index contributed by atoms with van der Waals surface area (Å²) in [5.41, 5.74) is 3.50. The zero-order valence-corrected chi connectivity index (χ0v) is 17.8. The highest BCUT2D eigenvalue weighted by Gasteiger charge is 2.36. The minimum absolute atomic E-state index is 0.0942. The molecular formula is C24H31NO4. The number of carbonyl (C=O) groups excluding carboxylic acids is 1. The molecule has 5 heteroatoms. The smallest absolute Gasteiger partial charge is 0.309 e. The van der Waals surface area contributed by atoms with Crippen molar-refractivity contribution < 1.29 is 19.0 Å². The molecule has 1 aliphatic rings. The average Bonchev–Trinajstić information content (AvgIpc) is 3.09. The lowest BCUT2D eigenvalue weighted by atomic mass is 9.85. The van der Waals surface area contributed by atoms with Gasteiger partial charge in [0.15, 0.2) is 11.5 Å². The van der Waals surface area contributed by atoms with Crippen LogP contribution in [0.2, 0.25) is 0 Å². The highest BCUT2D eigenvalue weighted by molar-refractivity contribution is 5.75. The standard InChI is InChI=1S/C24H31NO4/c1-5-25(6-2)20-10-7-17(8-11-20)14-21-19(16-29-24(21)26)13-18-9-12-22(27-3)23(15-18)28-4/h7-12,15,19,21H,5-6,13-14,16H2,1-4H3. The number of anilines is 1. The number of nitrogens with zero attached hydrogens (tertiary/aromatic N) is 1. The molecule has 0 bridgehead atoms. The van der Waals surface area contributed by atoms with Gasteiger partial charge in [-0.25, -0.2) is 0 Å². The van der Waals surface area contributed by atoms with E-state index in [1.807, 2.05) is 18.2 Å². The fourth-order valence-corrected chi connectivity index (χ4v) is 4.05. The van der Waals surface area contributed by atoms with Crippen molar-refractivity contribution in [3.63, 3.8) is 0 Å². The fraction of sp³-hybridized carbons (Fsp3) is 0.458. The van der Waals surface area contributed by atoms with E-state index in [1.54, 1.807) is 14.2 Å². The van der Waals surface area contributed by atoms with Gasteiger partial charge in [0.2, 0.25) is 0 Å². The zero-order valence-electron chi connectivity index (χ0n) is 17.8. The number of esters is 1. The second-order valence-electron chi connectivity index (χ2n) is 7.43. The Labute approximate surface area is 173 Å². The molecule has 0 spiro atoms. The Bertz CT molecular complexity index is 814. The van der Waals surface area contributed by atoms with E-state index in [4.69, 9.17) is 14.2 Å². The first-order valence-electron chi connectivity index (χ1n) is 10.3. The number of benzene rings is 2. The highest BCUT2D eigenvalue weighted by atomic mass is 16.5. The minimum atomic E-state index is -0.123. The fourth-order valence-electron chi connectivity index (χ4n) is 4.05. The first kappa shape index (κ1) is 21.0. The largest absolute Gasteiger partial charge is 0.493 e. The lowest BCUT2D eigenvalue weighted by molar-refractivity contribution is -0.141. The molecule has 2 unspecified atom stereocenters. The molecule has 0 saturated carbocycles. The summed E-state index contributed by atoms with van der Waals surface area (Å²) in [6.07, 6.45) is 1.48. The van der Waals surface area contributed by atoms with Crippen molar-refractivity contribution in [1.82, 2.24) is 0 Å². The maximum absolute atomic E-state index is 12.4. The molecule has 2 atom stereocenters. The summed E-state index contributed by atoms with van der Waals surface area (Å²) in [4.78, 5) is 14.7. The molecule has 1 heterocycles. The third-order valence-corrected chi connectivity index (χ3v) is 5.78. The summed E-state index contributed by atoms with van der Waals surface area (Å²) in [6, 6.07) is 14.5. The predicted octanol–water partition coefficient (Wildman–Crippen LogP) is 4.12. The Morgan fingerprint density at radius 2 is 1.59 bits per heavy atom. The first-order valence-corrected chi connectivity index (χ1v) is 10.3. The van der Waals surface area contributed by atoms with Crippen molar-refractivity contribution in [1.29, 1.82) is 0 Å². The summed E-state index contributed by atoms with van der Waals surface area (Å²) in [5.74, 6) is 1.35. The summed E-state index contributed by atoms with van der Waals surface area (Å²) < 4.78 is 16.1. The Morgan fingerprint density at radius 1 is 0.931 bits per heavy atom. The monoisotopic (exact) mass is 397 g/mol. The molecule has 29 heavy (non-hydrogen) atoms. The average molecular weight is 398 g/mol. The molecule has 2 aromatic carbocycles. The van der Waals surface area contributed by atoms with Gasteiger partial charge in [-0.05, 0) is 62.1 Å². The number of carbonyl (C=O) groups is 1. The van der Waals surface area contributed by atoms with E-state index in [9.17, 15) is 4.79 Å². The van der Waals surface area contributed by atoms with Gasteiger partial charge >= 0.3 is 5.97 Å². The number of rotatable bonds is 9. The molecule has 0 N–H and O–H groups in total. The van der Waals surface area contributed by atoms with Crippen LogP contribution in [0.25, 0.3) is 0 Å². The van der Waals surface area contributed by atoms with Crippen molar-refractivity contribution in [2.45, 2.75) is 26.7 Å². The maximum atomic E-state index is 12.4. The van der Waals surface area contributed by atoms with Gasteiger partial charge in [0, 0.05) is 24.7 Å². The van der Waals surface area contributed by atoms with Crippen molar-refractivity contribution in [3.05, 3.63) is 53.6 Å². The molecule has 156 valence electrons. The van der Waals surface area contributed by atoms with Crippen LogP contribution in [0.4, 0.5) is 5.69 Å². The lowest BCUT2D eigenvalue weighted by Gasteiger charge is -2.21. The Hall–Kier alpha value is -2.69. The lowest BCUT2D eigenvalue weighted by Crippen LogP contribution is -2.22. The van der Waals surface area contributed by atoms with Crippen molar-refractivity contribution in [3.8, 4) is 11.5 Å². The van der Waals surface area contributed by atoms with Crippen LogP contribution in [0.3, 0.4) is 0 Å². The number of ether oxygens (including phenoxy) is 3. The van der Waals surface area contributed by atoms with E-state index in [0.29, 0.717) is 24.5 Å². The zero-order chi connectivity index (χ0) is 20.8. The number of methoxy groups -OCH3 is 2. The van der Waals surface area contributed by atoms with Crippen molar-refractivity contribution in [2.24, 2.45) is 11.8 Å². The molecule has 3 rings (SSSR count). The van der Waals surface area contributed by atoms with E-state index in [0.717, 1.165) is 25.1 Å². The van der Waals surface area contributed by atoms with Gasteiger partial charge in [0.05, 0.1) is 26.7 Å². The van der Waals surface area contributed by atoms with Crippen LogP contribution in [0.15, 0.2) is 42.5 Å². The number of hydrogen-bond donors (Lipinski definition) is 0. The second kappa shape index (κ2) is 9.68. The van der Waals surface area contributed by atoms with Crippen molar-refractivity contribution >= 4 is 11.7 Å². The molecule has 0 aromatic heterocycles. The van der Waals surface area contributed by atoms with Gasteiger partial charge < -0.3 is 19.1 Å². The van der Waals surface area contributed by atoms with Crippen LogP contribution in [0.1, 0.15) is 25.0 Å². The van der Waals surface area contributed by atoms with Crippen molar-refractivity contribution in [2.75, 3.05) is 38.8 Å². The van der Waals surface area contributed by atoms with E-state index >= 15 is 0 Å².